The topological polar surface area (TPSA) is 35.2 Å². The third-order valence-electron chi connectivity index (χ3n) is 1.53. The summed E-state index contributed by atoms with van der Waals surface area (Å²) >= 11 is 0. The molecule has 5 heteroatoms. The third-order valence-corrected chi connectivity index (χ3v) is 1.53. The molecule has 0 aromatic heterocycles. The van der Waals surface area contributed by atoms with Crippen molar-refractivity contribution in [2.24, 2.45) is 5.73 Å². The van der Waals surface area contributed by atoms with E-state index in [0.717, 1.165) is 0 Å². The average Bonchev–Trinajstić information content (AvgIpc) is 2.14. The molecule has 0 bridgehead atoms. The number of benzene rings is 1. The van der Waals surface area contributed by atoms with Crippen LogP contribution in [0.4, 0.5) is 13.2 Å². The molecular formula is C11H10F3NO. The summed E-state index contributed by atoms with van der Waals surface area (Å²) in [5.74, 6) is 5.15. The highest BCUT2D eigenvalue weighted by Gasteiger charge is 2.30. The predicted molar refractivity (Wildman–Crippen MR) is 53.7 cm³/mol. The molecule has 0 fully saturated rings. The number of halogens is 3. The van der Waals surface area contributed by atoms with Crippen LogP contribution in [-0.4, -0.2) is 12.4 Å². The van der Waals surface area contributed by atoms with Gasteiger partial charge in [-0.1, -0.05) is 11.8 Å². The summed E-state index contributed by atoms with van der Waals surface area (Å²) < 4.78 is 39.2. The van der Waals surface area contributed by atoms with E-state index in [2.05, 4.69) is 16.6 Å². The van der Waals surface area contributed by atoms with Crippen LogP contribution in [0.2, 0.25) is 0 Å². The molecule has 0 radical (unpaired) electrons. The maximum Gasteiger partial charge on any atom is 0.573 e. The summed E-state index contributed by atoms with van der Waals surface area (Å²) in [6.45, 7) is 1.72. The van der Waals surface area contributed by atoms with Gasteiger partial charge in [-0.3, -0.25) is 0 Å². The van der Waals surface area contributed by atoms with E-state index in [9.17, 15) is 13.2 Å². The summed E-state index contributed by atoms with van der Waals surface area (Å²) in [5.41, 5.74) is 6.00. The Morgan fingerprint density at radius 3 is 2.25 bits per heavy atom. The summed E-state index contributed by atoms with van der Waals surface area (Å²) in [5, 5.41) is 0. The lowest BCUT2D eigenvalue weighted by atomic mass is 10.2. The molecule has 1 rings (SSSR count). The molecule has 0 amide bonds. The van der Waals surface area contributed by atoms with E-state index in [-0.39, 0.29) is 11.8 Å². The largest absolute Gasteiger partial charge is 0.573 e. The first kappa shape index (κ1) is 12.4. The lowest BCUT2D eigenvalue weighted by Crippen LogP contribution is -2.16. The van der Waals surface area contributed by atoms with Crippen LogP contribution in [0.5, 0.6) is 5.75 Å². The van der Waals surface area contributed by atoms with E-state index in [4.69, 9.17) is 5.73 Å². The maximum absolute atomic E-state index is 11.8. The molecule has 0 heterocycles. The second kappa shape index (κ2) is 4.90. The fourth-order valence-electron chi connectivity index (χ4n) is 0.937. The van der Waals surface area contributed by atoms with E-state index in [1.165, 1.54) is 24.3 Å². The highest BCUT2D eigenvalue weighted by Crippen LogP contribution is 2.22. The van der Waals surface area contributed by atoms with Crippen LogP contribution < -0.4 is 10.5 Å². The van der Waals surface area contributed by atoms with Crippen LogP contribution in [0, 0.1) is 11.8 Å². The Labute approximate surface area is 91.2 Å². The van der Waals surface area contributed by atoms with Crippen molar-refractivity contribution in [1.29, 1.82) is 0 Å². The summed E-state index contributed by atoms with van der Waals surface area (Å²) in [7, 11) is 0. The molecule has 2 N–H and O–H groups in total. The second-order valence-corrected chi connectivity index (χ2v) is 3.13. The van der Waals surface area contributed by atoms with Gasteiger partial charge in [-0.15, -0.1) is 13.2 Å². The van der Waals surface area contributed by atoms with Crippen molar-refractivity contribution in [3.8, 4) is 17.6 Å². The monoisotopic (exact) mass is 229 g/mol. The zero-order valence-electron chi connectivity index (χ0n) is 8.51. The first-order valence-electron chi connectivity index (χ1n) is 4.50. The number of hydrogen-bond acceptors (Lipinski definition) is 2. The van der Waals surface area contributed by atoms with E-state index in [0.29, 0.717) is 5.56 Å². The smallest absolute Gasteiger partial charge is 0.406 e. The fourth-order valence-corrected chi connectivity index (χ4v) is 0.937. The third kappa shape index (κ3) is 4.71. The van der Waals surface area contributed by atoms with Gasteiger partial charge in [-0.05, 0) is 31.2 Å². The molecule has 2 nitrogen and oxygen atoms in total. The van der Waals surface area contributed by atoms with Gasteiger partial charge in [-0.25, -0.2) is 0 Å². The lowest BCUT2D eigenvalue weighted by molar-refractivity contribution is -0.274. The van der Waals surface area contributed by atoms with Gasteiger partial charge < -0.3 is 10.5 Å². The molecule has 0 spiro atoms. The number of nitrogens with two attached hydrogens (primary N) is 1. The van der Waals surface area contributed by atoms with E-state index >= 15 is 0 Å². The number of rotatable bonds is 1. The van der Waals surface area contributed by atoms with Crippen LogP contribution in [0.15, 0.2) is 24.3 Å². The second-order valence-electron chi connectivity index (χ2n) is 3.13. The Morgan fingerprint density at radius 1 is 1.25 bits per heavy atom. The first-order chi connectivity index (χ1) is 7.37. The molecule has 1 aromatic carbocycles. The van der Waals surface area contributed by atoms with Crippen LogP contribution in [0.1, 0.15) is 12.5 Å². The molecule has 0 saturated heterocycles. The van der Waals surface area contributed by atoms with Crippen molar-refractivity contribution in [1.82, 2.24) is 0 Å². The van der Waals surface area contributed by atoms with Gasteiger partial charge in [0, 0.05) is 5.56 Å². The van der Waals surface area contributed by atoms with Crippen LogP contribution in [0.3, 0.4) is 0 Å². The minimum Gasteiger partial charge on any atom is -0.406 e. The van der Waals surface area contributed by atoms with Crippen molar-refractivity contribution in [3.05, 3.63) is 29.8 Å². The minimum atomic E-state index is -4.67. The quantitative estimate of drug-likeness (QED) is 0.750. The normalized spacial score (nSPS) is 12.6. The SMILES string of the molecule is CC(N)C#Cc1ccc(OC(F)(F)F)cc1. The molecule has 1 atom stereocenters. The minimum absolute atomic E-state index is 0.265. The maximum atomic E-state index is 11.8. The van der Waals surface area contributed by atoms with Gasteiger partial charge in [0.15, 0.2) is 0 Å². The standard InChI is InChI=1S/C11H10F3NO/c1-8(15)2-3-9-4-6-10(7-5-9)16-11(12,13)14/h4-8H,15H2,1H3. The molecule has 1 unspecified atom stereocenters. The van der Waals surface area contributed by atoms with E-state index < -0.39 is 6.36 Å². The van der Waals surface area contributed by atoms with Gasteiger partial charge in [0.2, 0.25) is 0 Å². The highest BCUT2D eigenvalue weighted by molar-refractivity contribution is 5.38. The molecule has 0 aliphatic heterocycles. The molecular weight excluding hydrogens is 219 g/mol. The van der Waals surface area contributed by atoms with Crippen LogP contribution >= 0.6 is 0 Å². The average molecular weight is 229 g/mol. The molecule has 1 aromatic rings. The molecule has 86 valence electrons. The summed E-state index contributed by atoms with van der Waals surface area (Å²) in [6, 6.07) is 5.02. The Balaban J connectivity index is 2.73. The Bertz CT molecular complexity index is 398. The van der Waals surface area contributed by atoms with Crippen LogP contribution in [-0.2, 0) is 0 Å². The molecule has 0 aliphatic rings. The zero-order chi connectivity index (χ0) is 12.2. The van der Waals surface area contributed by atoms with Gasteiger partial charge in [0.25, 0.3) is 0 Å². The van der Waals surface area contributed by atoms with Gasteiger partial charge in [0.05, 0.1) is 6.04 Å². The van der Waals surface area contributed by atoms with Gasteiger partial charge in [0.1, 0.15) is 5.75 Å². The summed E-state index contributed by atoms with van der Waals surface area (Å²) in [6.07, 6.45) is -4.67. The molecule has 16 heavy (non-hydrogen) atoms. The lowest BCUT2D eigenvalue weighted by Gasteiger charge is -2.07. The van der Waals surface area contributed by atoms with Crippen molar-refractivity contribution >= 4 is 0 Å². The fraction of sp³-hybridized carbons (Fsp3) is 0.273. The Morgan fingerprint density at radius 2 is 1.81 bits per heavy atom. The molecule has 0 saturated carbocycles. The number of hydrogen-bond donors (Lipinski definition) is 1. The van der Waals surface area contributed by atoms with Gasteiger partial charge in [-0.2, -0.15) is 0 Å². The Hall–Kier alpha value is -1.67. The van der Waals surface area contributed by atoms with Crippen LogP contribution in [0.25, 0.3) is 0 Å². The van der Waals surface area contributed by atoms with Gasteiger partial charge >= 0.3 is 6.36 Å². The summed E-state index contributed by atoms with van der Waals surface area (Å²) in [4.78, 5) is 0. The van der Waals surface area contributed by atoms with Crippen molar-refractivity contribution in [2.75, 3.05) is 0 Å². The predicted octanol–water partition coefficient (Wildman–Crippen LogP) is 2.28. The number of alkyl halides is 3. The number of ether oxygens (including phenoxy) is 1. The van der Waals surface area contributed by atoms with Crippen molar-refractivity contribution < 1.29 is 17.9 Å². The Kier molecular flexibility index (Phi) is 3.80. The molecule has 0 aliphatic carbocycles. The zero-order valence-corrected chi connectivity index (χ0v) is 8.51. The van der Waals surface area contributed by atoms with Crippen molar-refractivity contribution in [3.63, 3.8) is 0 Å². The van der Waals surface area contributed by atoms with E-state index in [1.807, 2.05) is 0 Å². The van der Waals surface area contributed by atoms with E-state index in [1.54, 1.807) is 6.92 Å². The first-order valence-corrected chi connectivity index (χ1v) is 4.50. The highest BCUT2D eigenvalue weighted by atomic mass is 19.4. The van der Waals surface area contributed by atoms with Crippen molar-refractivity contribution in [2.45, 2.75) is 19.3 Å².